The van der Waals surface area contributed by atoms with Crippen molar-refractivity contribution in [3.63, 3.8) is 0 Å². The van der Waals surface area contributed by atoms with Gasteiger partial charge in [0.1, 0.15) is 21.3 Å². The summed E-state index contributed by atoms with van der Waals surface area (Å²) in [5, 5.41) is 9.67. The van der Waals surface area contributed by atoms with E-state index in [0.29, 0.717) is 26.5 Å². The van der Waals surface area contributed by atoms with Crippen LogP contribution in [-0.4, -0.2) is 28.2 Å². The van der Waals surface area contributed by atoms with Crippen LogP contribution in [-0.2, 0) is 4.74 Å². The summed E-state index contributed by atoms with van der Waals surface area (Å²) in [6.07, 6.45) is 3.44. The number of nitrogens with zero attached hydrogens (tertiary/aromatic N) is 1. The number of aromatic hydroxyl groups is 1. The van der Waals surface area contributed by atoms with Crippen molar-refractivity contribution in [1.29, 1.82) is 0 Å². The molecule has 0 fully saturated rings. The lowest BCUT2D eigenvalue weighted by Crippen LogP contribution is -2.09. The monoisotopic (exact) mass is 342 g/mol. The first-order valence-corrected chi connectivity index (χ1v) is 7.90. The fourth-order valence-electron chi connectivity index (χ4n) is 2.29. The van der Waals surface area contributed by atoms with Gasteiger partial charge < -0.3 is 14.8 Å². The SMILES string of the molecule is COC(=O)c1sc2nc(/C=C/c3ccc(O)cc3)[nH]c(=O)c2c1C. The van der Waals surface area contributed by atoms with Crippen LogP contribution in [0.3, 0.4) is 0 Å². The van der Waals surface area contributed by atoms with E-state index in [-0.39, 0.29) is 11.3 Å². The van der Waals surface area contributed by atoms with E-state index in [2.05, 4.69) is 9.97 Å². The predicted octanol–water partition coefficient (Wildman–Crippen LogP) is 2.96. The van der Waals surface area contributed by atoms with Gasteiger partial charge in [0, 0.05) is 0 Å². The summed E-state index contributed by atoms with van der Waals surface area (Å²) < 4.78 is 4.73. The molecule has 0 saturated carbocycles. The highest BCUT2D eigenvalue weighted by Gasteiger charge is 2.19. The fourth-order valence-corrected chi connectivity index (χ4v) is 3.39. The number of aryl methyl sites for hydroxylation is 1. The van der Waals surface area contributed by atoms with Crippen LogP contribution in [0.4, 0.5) is 0 Å². The minimum atomic E-state index is -0.476. The summed E-state index contributed by atoms with van der Waals surface area (Å²) in [6.45, 7) is 1.70. The Balaban J connectivity index is 2.03. The van der Waals surface area contributed by atoms with Gasteiger partial charge in [0.05, 0.1) is 12.5 Å². The Morgan fingerprint density at radius 1 is 1.29 bits per heavy atom. The van der Waals surface area contributed by atoms with E-state index in [1.165, 1.54) is 7.11 Å². The molecule has 0 unspecified atom stereocenters. The minimum Gasteiger partial charge on any atom is -0.508 e. The molecule has 0 radical (unpaired) electrons. The summed E-state index contributed by atoms with van der Waals surface area (Å²) in [5.41, 5.74) is 1.13. The van der Waals surface area contributed by atoms with Crippen LogP contribution in [0.1, 0.15) is 26.6 Å². The molecule has 3 aromatic rings. The molecular formula is C17H14N2O4S. The Hall–Kier alpha value is -2.93. The molecule has 0 aliphatic rings. The largest absolute Gasteiger partial charge is 0.508 e. The smallest absolute Gasteiger partial charge is 0.348 e. The van der Waals surface area contributed by atoms with Crippen molar-refractivity contribution in [3.8, 4) is 5.75 Å². The highest BCUT2D eigenvalue weighted by atomic mass is 32.1. The zero-order valence-electron chi connectivity index (χ0n) is 13.0. The van der Waals surface area contributed by atoms with Crippen LogP contribution in [0.2, 0.25) is 0 Å². The molecular weight excluding hydrogens is 328 g/mol. The molecule has 2 N–H and O–H groups in total. The van der Waals surface area contributed by atoms with Crippen molar-refractivity contribution in [3.05, 3.63) is 56.4 Å². The standard InChI is InChI=1S/C17H14N2O4S/c1-9-13-15(21)18-12(8-5-10-3-6-11(20)7-4-10)19-16(13)24-14(9)17(22)23-2/h3-8,20H,1-2H3,(H,18,19,21)/b8-5+. The number of benzene rings is 1. The van der Waals surface area contributed by atoms with E-state index in [1.54, 1.807) is 43.3 Å². The molecule has 3 rings (SSSR count). The minimum absolute atomic E-state index is 0.185. The fraction of sp³-hybridized carbons (Fsp3) is 0.118. The van der Waals surface area contributed by atoms with Crippen LogP contribution in [0, 0.1) is 6.92 Å². The van der Waals surface area contributed by atoms with E-state index >= 15 is 0 Å². The third-order valence-corrected chi connectivity index (χ3v) is 4.68. The Labute approximate surface area is 141 Å². The number of hydrogen-bond donors (Lipinski definition) is 2. The molecule has 2 heterocycles. The van der Waals surface area contributed by atoms with Crippen molar-refractivity contribution in [1.82, 2.24) is 9.97 Å². The van der Waals surface area contributed by atoms with Crippen LogP contribution in [0.5, 0.6) is 5.75 Å². The molecule has 7 heteroatoms. The zero-order valence-corrected chi connectivity index (χ0v) is 13.8. The number of esters is 1. The Morgan fingerprint density at radius 2 is 2.00 bits per heavy atom. The molecule has 0 amide bonds. The maximum Gasteiger partial charge on any atom is 0.348 e. The summed E-state index contributed by atoms with van der Waals surface area (Å²) >= 11 is 1.14. The molecule has 122 valence electrons. The third kappa shape index (κ3) is 2.93. The van der Waals surface area contributed by atoms with Gasteiger partial charge in [-0.3, -0.25) is 4.79 Å². The third-order valence-electron chi connectivity index (χ3n) is 3.52. The molecule has 6 nitrogen and oxygen atoms in total. The summed E-state index contributed by atoms with van der Waals surface area (Å²) in [7, 11) is 1.30. The number of aromatic amines is 1. The van der Waals surface area contributed by atoms with E-state index < -0.39 is 5.97 Å². The molecule has 1 aromatic carbocycles. The lowest BCUT2D eigenvalue weighted by molar-refractivity contribution is 0.0605. The molecule has 0 spiro atoms. The first kappa shape index (κ1) is 15.9. The Bertz CT molecular complexity index is 1000. The molecule has 0 atom stereocenters. The van der Waals surface area contributed by atoms with Gasteiger partial charge >= 0.3 is 5.97 Å². The van der Waals surface area contributed by atoms with E-state index in [9.17, 15) is 14.7 Å². The highest BCUT2D eigenvalue weighted by Crippen LogP contribution is 2.27. The van der Waals surface area contributed by atoms with Crippen LogP contribution >= 0.6 is 11.3 Å². The first-order chi connectivity index (χ1) is 11.5. The van der Waals surface area contributed by atoms with Crippen molar-refractivity contribution < 1.29 is 14.6 Å². The number of nitrogens with one attached hydrogen (secondary N) is 1. The molecule has 0 aliphatic heterocycles. The quantitative estimate of drug-likeness (QED) is 0.714. The second kappa shape index (κ2) is 6.29. The predicted molar refractivity (Wildman–Crippen MR) is 93.4 cm³/mol. The number of carbonyl (C=O) groups is 1. The van der Waals surface area contributed by atoms with Crippen molar-refractivity contribution in [2.45, 2.75) is 6.92 Å². The van der Waals surface area contributed by atoms with Crippen LogP contribution < -0.4 is 5.56 Å². The van der Waals surface area contributed by atoms with Gasteiger partial charge in [0.25, 0.3) is 5.56 Å². The number of ether oxygens (including phenoxy) is 1. The van der Waals surface area contributed by atoms with Gasteiger partial charge in [-0.25, -0.2) is 9.78 Å². The lowest BCUT2D eigenvalue weighted by Gasteiger charge is -1.97. The second-order valence-electron chi connectivity index (χ2n) is 5.10. The second-order valence-corrected chi connectivity index (χ2v) is 6.10. The van der Waals surface area contributed by atoms with Crippen molar-refractivity contribution in [2.24, 2.45) is 0 Å². The number of phenols is 1. The van der Waals surface area contributed by atoms with E-state index in [1.807, 2.05) is 0 Å². The Kier molecular flexibility index (Phi) is 4.18. The zero-order chi connectivity index (χ0) is 17.3. The topological polar surface area (TPSA) is 92.3 Å². The van der Waals surface area contributed by atoms with E-state index in [4.69, 9.17) is 4.74 Å². The van der Waals surface area contributed by atoms with Gasteiger partial charge in [-0.2, -0.15) is 0 Å². The van der Waals surface area contributed by atoms with Crippen LogP contribution in [0.25, 0.3) is 22.4 Å². The van der Waals surface area contributed by atoms with E-state index in [0.717, 1.165) is 16.9 Å². The van der Waals surface area contributed by atoms with Gasteiger partial charge in [-0.05, 0) is 36.3 Å². The van der Waals surface area contributed by atoms with Crippen molar-refractivity contribution >= 4 is 39.7 Å². The number of hydrogen-bond acceptors (Lipinski definition) is 6. The normalized spacial score (nSPS) is 11.2. The summed E-state index contributed by atoms with van der Waals surface area (Å²) in [4.78, 5) is 32.0. The molecule has 0 bridgehead atoms. The number of carbonyl (C=O) groups excluding carboxylic acids is 1. The number of fused-ring (bicyclic) bond motifs is 1. The van der Waals surface area contributed by atoms with Crippen molar-refractivity contribution in [2.75, 3.05) is 7.11 Å². The average molecular weight is 342 g/mol. The molecule has 2 aromatic heterocycles. The molecule has 0 aliphatic carbocycles. The number of phenolic OH excluding ortho intramolecular Hbond substituents is 1. The average Bonchev–Trinajstić information content (AvgIpc) is 2.91. The number of thiophene rings is 1. The van der Waals surface area contributed by atoms with Gasteiger partial charge in [-0.15, -0.1) is 11.3 Å². The molecule has 0 saturated heterocycles. The number of methoxy groups -OCH3 is 1. The number of rotatable bonds is 3. The molecule has 24 heavy (non-hydrogen) atoms. The lowest BCUT2D eigenvalue weighted by atomic mass is 10.2. The summed E-state index contributed by atoms with van der Waals surface area (Å²) in [6, 6.07) is 6.63. The maximum absolute atomic E-state index is 12.3. The van der Waals surface area contributed by atoms with Crippen LogP contribution in [0.15, 0.2) is 29.1 Å². The Morgan fingerprint density at radius 3 is 2.67 bits per heavy atom. The van der Waals surface area contributed by atoms with Gasteiger partial charge in [0.2, 0.25) is 0 Å². The van der Waals surface area contributed by atoms with Gasteiger partial charge in [0.15, 0.2) is 0 Å². The number of H-pyrrole nitrogens is 1. The van der Waals surface area contributed by atoms with Gasteiger partial charge in [-0.1, -0.05) is 18.2 Å². The summed E-state index contributed by atoms with van der Waals surface area (Å²) in [5.74, 6) is 0.0961. The first-order valence-electron chi connectivity index (χ1n) is 7.08. The highest BCUT2D eigenvalue weighted by molar-refractivity contribution is 7.20. The maximum atomic E-state index is 12.3. The number of aromatic nitrogens is 2.